The molecular formula is C16H17Cl2N3O3S2. The monoisotopic (exact) mass is 433 g/mol. The summed E-state index contributed by atoms with van der Waals surface area (Å²) in [6.07, 6.45) is 2.97. The SMILES string of the molecule is O=C(CCN1CCCS1(=O)=O)Nc1ncc(Cc2cc(Cl)ccc2Cl)s1. The van der Waals surface area contributed by atoms with E-state index in [0.717, 1.165) is 10.4 Å². The Labute approximate surface area is 166 Å². The Morgan fingerprint density at radius 2 is 2.15 bits per heavy atom. The molecule has 6 nitrogen and oxygen atoms in total. The maximum atomic E-state index is 12.0. The number of aromatic nitrogens is 1. The van der Waals surface area contributed by atoms with Crippen molar-refractivity contribution in [2.24, 2.45) is 0 Å². The van der Waals surface area contributed by atoms with Gasteiger partial charge in [-0.15, -0.1) is 11.3 Å². The van der Waals surface area contributed by atoms with Gasteiger partial charge in [0.2, 0.25) is 15.9 Å². The van der Waals surface area contributed by atoms with Gasteiger partial charge in [0.25, 0.3) is 0 Å². The van der Waals surface area contributed by atoms with Crippen LogP contribution in [-0.2, 0) is 21.2 Å². The number of benzene rings is 1. The summed E-state index contributed by atoms with van der Waals surface area (Å²) in [6.45, 7) is 0.682. The number of amides is 1. The number of nitrogens with zero attached hydrogens (tertiary/aromatic N) is 2. The molecular weight excluding hydrogens is 417 g/mol. The van der Waals surface area contributed by atoms with E-state index in [0.29, 0.717) is 34.6 Å². The fraction of sp³-hybridized carbons (Fsp3) is 0.375. The van der Waals surface area contributed by atoms with Gasteiger partial charge < -0.3 is 5.32 Å². The van der Waals surface area contributed by atoms with Crippen molar-refractivity contribution in [1.29, 1.82) is 0 Å². The van der Waals surface area contributed by atoms with Gasteiger partial charge in [0.15, 0.2) is 5.13 Å². The van der Waals surface area contributed by atoms with E-state index in [1.807, 2.05) is 0 Å². The van der Waals surface area contributed by atoms with Crippen LogP contribution in [0.25, 0.3) is 0 Å². The molecule has 1 aromatic heterocycles. The fourth-order valence-electron chi connectivity index (χ4n) is 2.66. The summed E-state index contributed by atoms with van der Waals surface area (Å²) in [6, 6.07) is 5.28. The minimum absolute atomic E-state index is 0.105. The smallest absolute Gasteiger partial charge is 0.227 e. The van der Waals surface area contributed by atoms with Gasteiger partial charge in [-0.3, -0.25) is 4.79 Å². The number of carbonyl (C=O) groups excluding carboxylic acids is 1. The van der Waals surface area contributed by atoms with Crippen molar-refractivity contribution < 1.29 is 13.2 Å². The first-order chi connectivity index (χ1) is 12.3. The third-order valence-electron chi connectivity index (χ3n) is 3.96. The molecule has 2 aromatic rings. The van der Waals surface area contributed by atoms with Crippen LogP contribution in [0, 0.1) is 0 Å². The Morgan fingerprint density at radius 1 is 1.35 bits per heavy atom. The van der Waals surface area contributed by atoms with E-state index in [9.17, 15) is 13.2 Å². The lowest BCUT2D eigenvalue weighted by atomic mass is 10.1. The highest BCUT2D eigenvalue weighted by Crippen LogP contribution is 2.27. The van der Waals surface area contributed by atoms with E-state index in [1.54, 1.807) is 24.4 Å². The van der Waals surface area contributed by atoms with Crippen molar-refractivity contribution in [3.63, 3.8) is 0 Å². The summed E-state index contributed by atoms with van der Waals surface area (Å²) in [5.74, 6) is -0.0925. The molecule has 0 aliphatic carbocycles. The summed E-state index contributed by atoms with van der Waals surface area (Å²) in [5, 5.41) is 4.43. The van der Waals surface area contributed by atoms with Crippen LogP contribution in [0.5, 0.6) is 0 Å². The van der Waals surface area contributed by atoms with Crippen LogP contribution in [0.4, 0.5) is 5.13 Å². The predicted octanol–water partition coefficient (Wildman–Crippen LogP) is 3.40. The maximum absolute atomic E-state index is 12.0. The molecule has 2 heterocycles. The highest BCUT2D eigenvalue weighted by molar-refractivity contribution is 7.89. The molecule has 0 atom stereocenters. The number of thiazole rings is 1. The van der Waals surface area contributed by atoms with Crippen molar-refractivity contribution >= 4 is 55.6 Å². The van der Waals surface area contributed by atoms with Gasteiger partial charge >= 0.3 is 0 Å². The lowest BCUT2D eigenvalue weighted by molar-refractivity contribution is -0.116. The summed E-state index contributed by atoms with van der Waals surface area (Å²) < 4.78 is 24.8. The topological polar surface area (TPSA) is 79.4 Å². The summed E-state index contributed by atoms with van der Waals surface area (Å²) in [4.78, 5) is 17.2. The van der Waals surface area contributed by atoms with Gasteiger partial charge in [0.05, 0.1) is 5.75 Å². The molecule has 0 bridgehead atoms. The molecule has 1 N–H and O–H groups in total. The second-order valence-electron chi connectivity index (χ2n) is 5.91. The molecule has 26 heavy (non-hydrogen) atoms. The highest BCUT2D eigenvalue weighted by Gasteiger charge is 2.28. The molecule has 0 spiro atoms. The first-order valence-corrected chi connectivity index (χ1v) is 11.2. The van der Waals surface area contributed by atoms with E-state index in [1.165, 1.54) is 15.6 Å². The van der Waals surface area contributed by atoms with Crippen molar-refractivity contribution in [3.05, 3.63) is 44.9 Å². The lowest BCUT2D eigenvalue weighted by Crippen LogP contribution is -2.29. The minimum Gasteiger partial charge on any atom is -0.302 e. The van der Waals surface area contributed by atoms with Gasteiger partial charge in [-0.25, -0.2) is 17.7 Å². The normalized spacial score (nSPS) is 16.7. The molecule has 1 aliphatic heterocycles. The molecule has 0 saturated carbocycles. The molecule has 1 aliphatic rings. The Bertz CT molecular complexity index is 915. The Morgan fingerprint density at radius 3 is 2.88 bits per heavy atom. The number of hydrogen-bond acceptors (Lipinski definition) is 5. The first-order valence-electron chi connectivity index (χ1n) is 8.00. The van der Waals surface area contributed by atoms with E-state index in [4.69, 9.17) is 23.2 Å². The zero-order valence-electron chi connectivity index (χ0n) is 13.7. The Balaban J connectivity index is 1.54. The number of hydrogen-bond donors (Lipinski definition) is 1. The molecule has 140 valence electrons. The molecule has 1 fully saturated rings. The largest absolute Gasteiger partial charge is 0.302 e. The number of nitrogens with one attached hydrogen (secondary N) is 1. The van der Waals surface area contributed by atoms with E-state index < -0.39 is 10.0 Å². The van der Waals surface area contributed by atoms with Crippen molar-refractivity contribution in [2.45, 2.75) is 19.3 Å². The maximum Gasteiger partial charge on any atom is 0.227 e. The van der Waals surface area contributed by atoms with Gasteiger partial charge in [0.1, 0.15) is 0 Å². The van der Waals surface area contributed by atoms with Crippen molar-refractivity contribution in [3.8, 4) is 0 Å². The van der Waals surface area contributed by atoms with Crippen LogP contribution in [0.2, 0.25) is 10.0 Å². The van der Waals surface area contributed by atoms with E-state index in [2.05, 4.69) is 10.3 Å². The predicted molar refractivity (Wildman–Crippen MR) is 105 cm³/mol. The van der Waals surface area contributed by atoms with Gasteiger partial charge in [-0.05, 0) is 30.2 Å². The number of halogens is 2. The first kappa shape index (κ1) is 19.6. The Kier molecular flexibility index (Phi) is 6.19. The number of anilines is 1. The second-order valence-corrected chi connectivity index (χ2v) is 9.96. The van der Waals surface area contributed by atoms with Crippen LogP contribution < -0.4 is 5.32 Å². The molecule has 10 heteroatoms. The molecule has 3 rings (SSSR count). The molecule has 1 amide bonds. The number of rotatable bonds is 6. The fourth-order valence-corrected chi connectivity index (χ4v) is 5.42. The van der Waals surface area contributed by atoms with Crippen LogP contribution in [0.15, 0.2) is 24.4 Å². The quantitative estimate of drug-likeness (QED) is 0.756. The third kappa shape index (κ3) is 4.95. The van der Waals surface area contributed by atoms with E-state index in [-0.39, 0.29) is 24.6 Å². The zero-order chi connectivity index (χ0) is 18.7. The minimum atomic E-state index is -3.18. The summed E-state index contributed by atoms with van der Waals surface area (Å²) in [7, 11) is -3.18. The highest BCUT2D eigenvalue weighted by atomic mass is 35.5. The van der Waals surface area contributed by atoms with Crippen molar-refractivity contribution in [1.82, 2.24) is 9.29 Å². The molecule has 1 saturated heterocycles. The van der Waals surface area contributed by atoms with Crippen LogP contribution in [0.3, 0.4) is 0 Å². The van der Waals surface area contributed by atoms with Gasteiger partial charge in [-0.1, -0.05) is 23.2 Å². The van der Waals surface area contributed by atoms with E-state index >= 15 is 0 Å². The van der Waals surface area contributed by atoms with Gasteiger partial charge in [0, 0.05) is 47.1 Å². The number of carbonyl (C=O) groups is 1. The average molecular weight is 434 g/mol. The van der Waals surface area contributed by atoms with Crippen molar-refractivity contribution in [2.75, 3.05) is 24.2 Å². The lowest BCUT2D eigenvalue weighted by Gasteiger charge is -2.13. The third-order valence-corrected chi connectivity index (χ3v) is 7.44. The van der Waals surface area contributed by atoms with Crippen LogP contribution in [-0.4, -0.2) is 42.5 Å². The van der Waals surface area contributed by atoms with Crippen LogP contribution in [0.1, 0.15) is 23.3 Å². The second kappa shape index (κ2) is 8.22. The summed E-state index contributed by atoms with van der Waals surface area (Å²) >= 11 is 13.5. The standard InChI is InChI=1S/C16H17Cl2N3O3S2/c17-12-2-3-14(18)11(8-12)9-13-10-19-16(25-13)20-15(22)4-6-21-5-1-7-26(21,23)24/h2-3,8,10H,1,4-7,9H2,(H,19,20,22). The molecule has 1 aromatic carbocycles. The molecule has 0 radical (unpaired) electrons. The molecule has 0 unspecified atom stereocenters. The zero-order valence-corrected chi connectivity index (χ0v) is 16.9. The summed E-state index contributed by atoms with van der Waals surface area (Å²) in [5.41, 5.74) is 0.889. The van der Waals surface area contributed by atoms with Gasteiger partial charge in [-0.2, -0.15) is 0 Å². The Hall–Kier alpha value is -1.19. The number of sulfonamides is 1. The average Bonchev–Trinajstić information content (AvgIpc) is 3.14. The van der Waals surface area contributed by atoms with Crippen LogP contribution >= 0.6 is 34.5 Å².